The van der Waals surface area contributed by atoms with E-state index in [0.717, 1.165) is 23.1 Å². The third-order valence-electron chi connectivity index (χ3n) is 5.77. The molecule has 1 aliphatic rings. The van der Waals surface area contributed by atoms with E-state index in [4.69, 9.17) is 13.9 Å². The van der Waals surface area contributed by atoms with Gasteiger partial charge in [-0.05, 0) is 43.7 Å². The molecule has 0 aliphatic carbocycles. The molecule has 174 valence electrons. The van der Waals surface area contributed by atoms with Gasteiger partial charge in [-0.2, -0.15) is 13.2 Å². The van der Waals surface area contributed by atoms with Crippen molar-refractivity contribution in [2.24, 2.45) is 0 Å². The summed E-state index contributed by atoms with van der Waals surface area (Å²) >= 11 is 0. The van der Waals surface area contributed by atoms with E-state index in [1.54, 1.807) is 18.2 Å². The fraction of sp³-hybridized carbons (Fsp3) is 0.240. The van der Waals surface area contributed by atoms with Crippen molar-refractivity contribution >= 4 is 11.0 Å². The fourth-order valence-electron chi connectivity index (χ4n) is 3.91. The van der Waals surface area contributed by atoms with Crippen molar-refractivity contribution in [1.82, 2.24) is 9.97 Å². The van der Waals surface area contributed by atoms with Crippen molar-refractivity contribution in [1.29, 1.82) is 0 Å². The van der Waals surface area contributed by atoms with Gasteiger partial charge in [0.1, 0.15) is 29.4 Å². The summed E-state index contributed by atoms with van der Waals surface area (Å²) in [5, 5.41) is 0.770. The van der Waals surface area contributed by atoms with Crippen LogP contribution in [0.25, 0.3) is 22.2 Å². The molecule has 9 heteroatoms. The first-order valence-electron chi connectivity index (χ1n) is 10.5. The Morgan fingerprint density at radius 1 is 1.03 bits per heavy atom. The van der Waals surface area contributed by atoms with Gasteiger partial charge in [-0.15, -0.1) is 0 Å². The first-order chi connectivity index (χ1) is 16.1. The molecular weight excluding hydrogens is 449 g/mol. The number of hydrogen-bond acceptors (Lipinski definition) is 6. The molecule has 0 amide bonds. The second-order valence-corrected chi connectivity index (χ2v) is 8.58. The molecule has 34 heavy (non-hydrogen) atoms. The molecule has 5 rings (SSSR count). The Bertz CT molecular complexity index is 1430. The Kier molecular flexibility index (Phi) is 5.07. The highest BCUT2D eigenvalue weighted by Crippen LogP contribution is 2.38. The van der Waals surface area contributed by atoms with Gasteiger partial charge in [-0.25, -0.2) is 14.8 Å². The lowest BCUT2D eigenvalue weighted by Crippen LogP contribution is -2.49. The van der Waals surface area contributed by atoms with E-state index in [2.05, 4.69) is 9.97 Å². The number of hydrogen-bond donors (Lipinski definition) is 0. The number of aromatic nitrogens is 2. The normalized spacial score (nSPS) is 17.1. The van der Waals surface area contributed by atoms with Crippen LogP contribution in [0.5, 0.6) is 11.6 Å². The van der Waals surface area contributed by atoms with Crippen molar-refractivity contribution in [2.45, 2.75) is 38.1 Å². The van der Waals surface area contributed by atoms with Crippen LogP contribution in [-0.4, -0.2) is 21.7 Å². The molecule has 3 heterocycles. The minimum Gasteiger partial charge on any atom is -0.484 e. The molecule has 0 radical (unpaired) electrons. The fourth-order valence-corrected chi connectivity index (χ4v) is 3.91. The summed E-state index contributed by atoms with van der Waals surface area (Å²) in [6.45, 7) is 3.76. The number of alkyl halides is 3. The predicted molar refractivity (Wildman–Crippen MR) is 118 cm³/mol. The smallest absolute Gasteiger partial charge is 0.416 e. The maximum absolute atomic E-state index is 12.9. The van der Waals surface area contributed by atoms with Crippen molar-refractivity contribution in [3.8, 4) is 22.9 Å². The summed E-state index contributed by atoms with van der Waals surface area (Å²) in [6.07, 6.45) is -3.00. The summed E-state index contributed by atoms with van der Waals surface area (Å²) in [7, 11) is 0. The number of ether oxygens (including phenoxy) is 2. The largest absolute Gasteiger partial charge is 0.484 e. The maximum Gasteiger partial charge on any atom is 0.416 e. The third kappa shape index (κ3) is 4.21. The molecule has 0 saturated carbocycles. The van der Waals surface area contributed by atoms with Crippen LogP contribution >= 0.6 is 0 Å². The average molecular weight is 468 g/mol. The molecule has 0 bridgehead atoms. The van der Waals surface area contributed by atoms with E-state index in [-0.39, 0.29) is 5.88 Å². The Balaban J connectivity index is 1.41. The first kappa shape index (κ1) is 21.9. The number of rotatable bonds is 3. The van der Waals surface area contributed by atoms with Crippen molar-refractivity contribution in [3.05, 3.63) is 82.5 Å². The van der Waals surface area contributed by atoms with Crippen LogP contribution in [0.2, 0.25) is 0 Å². The lowest BCUT2D eigenvalue weighted by atomic mass is 9.90. The van der Waals surface area contributed by atoms with E-state index in [9.17, 15) is 18.0 Å². The number of nitrogens with zero attached hydrogens (tertiary/aromatic N) is 2. The van der Waals surface area contributed by atoms with Gasteiger partial charge in [0, 0.05) is 35.6 Å². The van der Waals surface area contributed by atoms with Crippen LogP contribution in [0.15, 0.2) is 70.1 Å². The lowest BCUT2D eigenvalue weighted by molar-refractivity contribution is -0.137. The van der Waals surface area contributed by atoms with E-state index >= 15 is 0 Å². The van der Waals surface area contributed by atoms with Crippen LogP contribution in [0.3, 0.4) is 0 Å². The van der Waals surface area contributed by atoms with Crippen LogP contribution < -0.4 is 15.1 Å². The molecule has 0 fully saturated rings. The first-order valence-corrected chi connectivity index (χ1v) is 10.5. The minimum atomic E-state index is -4.40. The number of halogens is 3. The molecule has 2 aromatic carbocycles. The molecular formula is C25H19F3N2O4. The van der Waals surface area contributed by atoms with Gasteiger partial charge < -0.3 is 13.9 Å². The van der Waals surface area contributed by atoms with E-state index < -0.39 is 29.1 Å². The summed E-state index contributed by atoms with van der Waals surface area (Å²) < 4.78 is 56.2. The molecule has 0 saturated heterocycles. The summed E-state index contributed by atoms with van der Waals surface area (Å²) in [4.78, 5) is 19.9. The van der Waals surface area contributed by atoms with Crippen LogP contribution in [0.4, 0.5) is 13.2 Å². The van der Waals surface area contributed by atoms with Gasteiger partial charge in [0.25, 0.3) is 0 Å². The van der Waals surface area contributed by atoms with Gasteiger partial charge in [0.15, 0.2) is 0 Å². The zero-order chi connectivity index (χ0) is 24.1. The number of fused-ring (bicyclic) bond motifs is 2. The summed E-state index contributed by atoms with van der Waals surface area (Å²) in [5.74, 6) is 0.890. The van der Waals surface area contributed by atoms with Gasteiger partial charge in [-0.1, -0.05) is 12.1 Å². The van der Waals surface area contributed by atoms with E-state index in [1.807, 2.05) is 19.9 Å². The van der Waals surface area contributed by atoms with Crippen LogP contribution in [0, 0.1) is 0 Å². The van der Waals surface area contributed by atoms with Gasteiger partial charge in [-0.3, -0.25) is 0 Å². The molecule has 0 unspecified atom stereocenters. The third-order valence-corrected chi connectivity index (χ3v) is 5.77. The molecule has 1 aliphatic heterocycles. The molecule has 2 aromatic heterocycles. The maximum atomic E-state index is 12.9. The highest BCUT2D eigenvalue weighted by Gasteiger charge is 2.39. The zero-order valence-electron chi connectivity index (χ0n) is 18.2. The summed E-state index contributed by atoms with van der Waals surface area (Å²) in [5.41, 5.74) is 0.382. The highest BCUT2D eigenvalue weighted by atomic mass is 19.4. The van der Waals surface area contributed by atoms with Crippen LogP contribution in [0.1, 0.15) is 25.0 Å². The molecule has 0 N–H and O–H groups in total. The van der Waals surface area contributed by atoms with Gasteiger partial charge in [0.05, 0.1) is 11.3 Å². The minimum absolute atomic E-state index is 0.279. The number of benzene rings is 2. The molecule has 1 atom stereocenters. The zero-order valence-corrected chi connectivity index (χ0v) is 18.2. The van der Waals surface area contributed by atoms with Crippen LogP contribution in [-0.2, 0) is 12.6 Å². The molecule has 4 aromatic rings. The SMILES string of the molecule is CC1(C)Oc2cc3oc(=O)ccc3cc2C[C@@H]1Oc1cc(-c2ccc(C(F)(F)F)cc2)ncn1. The molecule has 6 nitrogen and oxygen atoms in total. The van der Waals surface area contributed by atoms with Crippen molar-refractivity contribution < 1.29 is 27.1 Å². The Hall–Kier alpha value is -3.88. The quantitative estimate of drug-likeness (QED) is 0.373. The second kappa shape index (κ2) is 7.86. The van der Waals surface area contributed by atoms with Gasteiger partial charge in [0.2, 0.25) is 5.88 Å². The van der Waals surface area contributed by atoms with Crippen molar-refractivity contribution in [2.75, 3.05) is 0 Å². The van der Waals surface area contributed by atoms with E-state index in [0.29, 0.717) is 29.0 Å². The molecule has 0 spiro atoms. The standard InChI is InChI=1S/C25H19F3N2O4/c1-24(2)21(10-16-9-15-5-8-23(31)32-19(15)12-20(16)34-24)33-22-11-18(29-13-30-22)14-3-6-17(7-4-14)25(26,27)28/h3-9,11-13,21H,10H2,1-2H3/t21-/m0/s1. The average Bonchev–Trinajstić information content (AvgIpc) is 2.78. The predicted octanol–water partition coefficient (Wildman–Crippen LogP) is 5.43. The Morgan fingerprint density at radius 2 is 1.79 bits per heavy atom. The topological polar surface area (TPSA) is 74.5 Å². The van der Waals surface area contributed by atoms with E-state index in [1.165, 1.54) is 24.5 Å². The lowest BCUT2D eigenvalue weighted by Gasteiger charge is -2.39. The van der Waals surface area contributed by atoms with Gasteiger partial charge >= 0.3 is 11.8 Å². The Labute approximate surface area is 192 Å². The monoisotopic (exact) mass is 468 g/mol. The summed E-state index contributed by atoms with van der Waals surface area (Å²) in [6, 6.07) is 13.0. The highest BCUT2D eigenvalue weighted by molar-refractivity contribution is 5.79. The van der Waals surface area contributed by atoms with Crippen molar-refractivity contribution in [3.63, 3.8) is 0 Å². The Morgan fingerprint density at radius 3 is 2.53 bits per heavy atom. The second-order valence-electron chi connectivity index (χ2n) is 8.58.